The van der Waals surface area contributed by atoms with Gasteiger partial charge in [0.2, 0.25) is 15.9 Å². The van der Waals surface area contributed by atoms with E-state index in [0.717, 1.165) is 4.31 Å². The van der Waals surface area contributed by atoms with E-state index >= 15 is 0 Å². The largest absolute Gasteiger partial charge is 0.480 e. The minimum Gasteiger partial charge on any atom is -0.480 e. The summed E-state index contributed by atoms with van der Waals surface area (Å²) in [6, 6.07) is 5.53. The van der Waals surface area contributed by atoms with Crippen molar-refractivity contribution in [3.63, 3.8) is 0 Å². The van der Waals surface area contributed by atoms with Crippen LogP contribution in [0.1, 0.15) is 20.3 Å². The van der Waals surface area contributed by atoms with E-state index in [2.05, 4.69) is 5.32 Å². The van der Waals surface area contributed by atoms with Crippen LogP contribution in [-0.2, 0) is 19.6 Å². The minimum atomic E-state index is -3.87. The number of nitrogens with zero attached hydrogens (tertiary/aromatic N) is 1. The number of rotatable bonds is 7. The Morgan fingerprint density at radius 1 is 1.30 bits per heavy atom. The van der Waals surface area contributed by atoms with Crippen molar-refractivity contribution in [2.75, 3.05) is 13.6 Å². The molecule has 0 spiro atoms. The number of sulfonamides is 1. The van der Waals surface area contributed by atoms with Gasteiger partial charge in [-0.05, 0) is 37.6 Å². The number of carbonyl (C=O) groups excluding carboxylic acids is 1. The lowest BCUT2D eigenvalue weighted by molar-refractivity contribution is -0.147. The number of benzene rings is 1. The first-order valence-electron chi connectivity index (χ1n) is 6.79. The van der Waals surface area contributed by atoms with Crippen LogP contribution in [0.3, 0.4) is 0 Å². The predicted octanol–water partition coefficient (Wildman–Crippen LogP) is 1.33. The number of likely N-dealkylation sites (N-methyl/N-ethyl adjacent to an activating group) is 1. The Morgan fingerprint density at radius 2 is 1.83 bits per heavy atom. The molecule has 0 aromatic heterocycles. The quantitative estimate of drug-likeness (QED) is 0.761. The zero-order valence-corrected chi connectivity index (χ0v) is 14.6. The van der Waals surface area contributed by atoms with Crippen LogP contribution in [0.15, 0.2) is 29.2 Å². The molecule has 1 aromatic carbocycles. The minimum absolute atomic E-state index is 0.00584. The van der Waals surface area contributed by atoms with Crippen LogP contribution in [0.25, 0.3) is 0 Å². The molecular weight excluding hydrogens is 344 g/mol. The van der Waals surface area contributed by atoms with Gasteiger partial charge in [0.15, 0.2) is 0 Å². The Labute approximate surface area is 140 Å². The second kappa shape index (κ2) is 7.29. The van der Waals surface area contributed by atoms with Crippen molar-refractivity contribution in [3.05, 3.63) is 29.3 Å². The van der Waals surface area contributed by atoms with Crippen LogP contribution in [-0.4, -0.2) is 48.8 Å². The van der Waals surface area contributed by atoms with Gasteiger partial charge in [-0.1, -0.05) is 18.5 Å². The molecule has 1 amide bonds. The molecule has 23 heavy (non-hydrogen) atoms. The second-order valence-electron chi connectivity index (χ2n) is 5.25. The third kappa shape index (κ3) is 4.66. The molecule has 0 aliphatic rings. The summed E-state index contributed by atoms with van der Waals surface area (Å²) >= 11 is 5.72. The molecule has 1 rings (SSSR count). The molecular formula is C14H19ClN2O5S. The van der Waals surface area contributed by atoms with E-state index in [-0.39, 0.29) is 11.3 Å². The standard InChI is InChI=1S/C14H19ClN2O5S/c1-4-14(2,13(19)20)16-12(18)9-17(3)23(21,22)11-7-5-10(15)6-8-11/h5-8H,4,9H2,1-3H3,(H,16,18)(H,19,20). The maximum Gasteiger partial charge on any atom is 0.329 e. The van der Waals surface area contributed by atoms with Crippen LogP contribution < -0.4 is 5.32 Å². The van der Waals surface area contributed by atoms with Gasteiger partial charge in [-0.15, -0.1) is 0 Å². The van der Waals surface area contributed by atoms with Gasteiger partial charge in [0, 0.05) is 12.1 Å². The van der Waals surface area contributed by atoms with Crippen molar-refractivity contribution in [3.8, 4) is 0 Å². The topological polar surface area (TPSA) is 104 Å². The predicted molar refractivity (Wildman–Crippen MR) is 85.7 cm³/mol. The smallest absolute Gasteiger partial charge is 0.329 e. The first-order valence-corrected chi connectivity index (χ1v) is 8.61. The number of hydrogen-bond donors (Lipinski definition) is 2. The van der Waals surface area contributed by atoms with Gasteiger partial charge in [0.25, 0.3) is 0 Å². The highest BCUT2D eigenvalue weighted by atomic mass is 35.5. The molecule has 1 unspecified atom stereocenters. The first-order chi connectivity index (χ1) is 10.5. The normalized spacial score (nSPS) is 14.3. The molecule has 1 atom stereocenters. The highest BCUT2D eigenvalue weighted by Gasteiger charge is 2.33. The van der Waals surface area contributed by atoms with Crippen LogP contribution >= 0.6 is 11.6 Å². The summed E-state index contributed by atoms with van der Waals surface area (Å²) in [5, 5.41) is 11.9. The monoisotopic (exact) mass is 362 g/mol. The van der Waals surface area contributed by atoms with Crippen molar-refractivity contribution in [2.45, 2.75) is 30.7 Å². The van der Waals surface area contributed by atoms with Crippen molar-refractivity contribution in [1.29, 1.82) is 0 Å². The molecule has 1 aromatic rings. The van der Waals surface area contributed by atoms with Gasteiger partial charge in [-0.2, -0.15) is 4.31 Å². The van der Waals surface area contributed by atoms with E-state index in [9.17, 15) is 18.0 Å². The lowest BCUT2D eigenvalue weighted by Crippen LogP contribution is -2.54. The third-order valence-corrected chi connectivity index (χ3v) is 5.55. The highest BCUT2D eigenvalue weighted by Crippen LogP contribution is 2.17. The summed E-state index contributed by atoms with van der Waals surface area (Å²) in [6.45, 7) is 2.48. The Kier molecular flexibility index (Phi) is 6.15. The van der Waals surface area contributed by atoms with Crippen molar-refractivity contribution in [2.24, 2.45) is 0 Å². The number of carboxylic acid groups (broad SMARTS) is 1. The van der Waals surface area contributed by atoms with Crippen LogP contribution in [0.2, 0.25) is 5.02 Å². The molecule has 0 bridgehead atoms. The highest BCUT2D eigenvalue weighted by molar-refractivity contribution is 7.89. The number of nitrogens with one attached hydrogen (secondary N) is 1. The summed E-state index contributed by atoms with van der Waals surface area (Å²) < 4.78 is 25.5. The van der Waals surface area contributed by atoms with Gasteiger partial charge in [0.1, 0.15) is 5.54 Å². The number of carboxylic acids is 1. The zero-order chi connectivity index (χ0) is 17.8. The van der Waals surface area contributed by atoms with Gasteiger partial charge in [-0.25, -0.2) is 13.2 Å². The van der Waals surface area contributed by atoms with Gasteiger partial charge in [0.05, 0.1) is 11.4 Å². The summed E-state index contributed by atoms with van der Waals surface area (Å²) in [5.74, 6) is -1.88. The fourth-order valence-corrected chi connectivity index (χ4v) is 2.97. The van der Waals surface area contributed by atoms with Gasteiger partial charge >= 0.3 is 5.97 Å². The molecule has 128 valence electrons. The van der Waals surface area contributed by atoms with Gasteiger partial charge in [-0.3, -0.25) is 4.79 Å². The molecule has 9 heteroatoms. The van der Waals surface area contributed by atoms with E-state index in [0.29, 0.717) is 5.02 Å². The number of halogens is 1. The summed E-state index contributed by atoms with van der Waals surface area (Å²) in [6.07, 6.45) is 0.168. The Hall–Kier alpha value is -1.64. The SMILES string of the molecule is CCC(C)(NC(=O)CN(C)S(=O)(=O)c1ccc(Cl)cc1)C(=O)O. The number of aliphatic carboxylic acids is 1. The summed E-state index contributed by atoms with van der Waals surface area (Å²) in [4.78, 5) is 23.1. The second-order valence-corrected chi connectivity index (χ2v) is 7.74. The summed E-state index contributed by atoms with van der Waals surface area (Å²) in [5.41, 5.74) is -1.44. The lowest BCUT2D eigenvalue weighted by atomic mass is 9.99. The van der Waals surface area contributed by atoms with Crippen LogP contribution in [0.5, 0.6) is 0 Å². The first kappa shape index (κ1) is 19.4. The lowest BCUT2D eigenvalue weighted by Gasteiger charge is -2.26. The molecule has 0 aliphatic heterocycles. The van der Waals surface area contributed by atoms with Crippen LogP contribution in [0.4, 0.5) is 0 Å². The fraction of sp³-hybridized carbons (Fsp3) is 0.429. The van der Waals surface area contributed by atoms with E-state index < -0.39 is 34.0 Å². The number of amides is 1. The molecule has 0 saturated heterocycles. The molecule has 2 N–H and O–H groups in total. The molecule has 0 saturated carbocycles. The molecule has 0 radical (unpaired) electrons. The molecule has 7 nitrogen and oxygen atoms in total. The van der Waals surface area contributed by atoms with Crippen LogP contribution in [0, 0.1) is 0 Å². The Bertz CT molecular complexity index is 690. The maximum absolute atomic E-state index is 12.3. The van der Waals surface area contributed by atoms with Crippen molar-refractivity contribution >= 4 is 33.5 Å². The van der Waals surface area contributed by atoms with Crippen molar-refractivity contribution in [1.82, 2.24) is 9.62 Å². The van der Waals surface area contributed by atoms with E-state index in [1.807, 2.05) is 0 Å². The van der Waals surface area contributed by atoms with E-state index in [1.165, 1.54) is 38.2 Å². The van der Waals surface area contributed by atoms with E-state index in [1.54, 1.807) is 6.92 Å². The Morgan fingerprint density at radius 3 is 2.26 bits per heavy atom. The zero-order valence-electron chi connectivity index (χ0n) is 13.0. The van der Waals surface area contributed by atoms with Crippen molar-refractivity contribution < 1.29 is 23.1 Å². The maximum atomic E-state index is 12.3. The van der Waals surface area contributed by atoms with Gasteiger partial charge < -0.3 is 10.4 Å². The third-order valence-electron chi connectivity index (χ3n) is 3.48. The fourth-order valence-electron chi connectivity index (χ4n) is 1.71. The number of carbonyl (C=O) groups is 2. The summed E-state index contributed by atoms with van der Waals surface area (Å²) in [7, 11) is -2.62. The molecule has 0 aliphatic carbocycles. The Balaban J connectivity index is 2.86. The molecule has 0 fully saturated rings. The average molecular weight is 363 g/mol. The number of hydrogen-bond acceptors (Lipinski definition) is 4. The molecule has 0 heterocycles. The average Bonchev–Trinajstić information content (AvgIpc) is 2.47. The van der Waals surface area contributed by atoms with E-state index in [4.69, 9.17) is 16.7 Å².